The second-order valence-electron chi connectivity index (χ2n) is 5.13. The molecule has 0 aliphatic heterocycles. The molecule has 0 spiro atoms. The van der Waals surface area contributed by atoms with Gasteiger partial charge >= 0.3 is 5.97 Å². The SMILES string of the molecule is CCC(CC)C(C)NCc1ccc(CC(=O)O)cc1. The van der Waals surface area contributed by atoms with Gasteiger partial charge in [0.15, 0.2) is 0 Å². The van der Waals surface area contributed by atoms with Gasteiger partial charge in [-0.1, -0.05) is 51.0 Å². The van der Waals surface area contributed by atoms with Gasteiger partial charge in [-0.25, -0.2) is 0 Å². The fourth-order valence-electron chi connectivity index (χ4n) is 2.39. The van der Waals surface area contributed by atoms with Crippen LogP contribution in [-0.4, -0.2) is 17.1 Å². The predicted octanol–water partition coefficient (Wildman–Crippen LogP) is 3.23. The number of hydrogen-bond donors (Lipinski definition) is 2. The van der Waals surface area contributed by atoms with E-state index in [1.165, 1.54) is 18.4 Å². The summed E-state index contributed by atoms with van der Waals surface area (Å²) in [5.41, 5.74) is 2.05. The Kier molecular flexibility index (Phi) is 6.57. The van der Waals surface area contributed by atoms with Gasteiger partial charge in [-0.15, -0.1) is 0 Å². The van der Waals surface area contributed by atoms with Crippen LogP contribution in [0.1, 0.15) is 44.7 Å². The normalized spacial score (nSPS) is 12.6. The smallest absolute Gasteiger partial charge is 0.307 e. The summed E-state index contributed by atoms with van der Waals surface area (Å²) in [7, 11) is 0. The van der Waals surface area contributed by atoms with Gasteiger partial charge in [-0.3, -0.25) is 4.79 Å². The van der Waals surface area contributed by atoms with Crippen molar-refractivity contribution in [3.05, 3.63) is 35.4 Å². The first kappa shape index (κ1) is 15.7. The zero-order chi connectivity index (χ0) is 14.3. The summed E-state index contributed by atoms with van der Waals surface area (Å²) in [4.78, 5) is 10.6. The highest BCUT2D eigenvalue weighted by Crippen LogP contribution is 2.13. The minimum atomic E-state index is -0.784. The molecule has 0 radical (unpaired) electrons. The Bertz CT molecular complexity index is 382. The van der Waals surface area contributed by atoms with Crippen molar-refractivity contribution in [2.45, 2.75) is 52.6 Å². The van der Waals surface area contributed by atoms with Crippen LogP contribution in [0.5, 0.6) is 0 Å². The van der Waals surface area contributed by atoms with E-state index in [-0.39, 0.29) is 6.42 Å². The molecule has 1 rings (SSSR count). The molecule has 2 N–H and O–H groups in total. The van der Waals surface area contributed by atoms with Crippen LogP contribution < -0.4 is 5.32 Å². The molecule has 0 amide bonds. The summed E-state index contributed by atoms with van der Waals surface area (Å²) in [6.45, 7) is 7.53. The molecule has 1 atom stereocenters. The predicted molar refractivity (Wildman–Crippen MR) is 78.2 cm³/mol. The van der Waals surface area contributed by atoms with Crippen molar-refractivity contribution in [3.63, 3.8) is 0 Å². The lowest BCUT2D eigenvalue weighted by atomic mass is 9.95. The summed E-state index contributed by atoms with van der Waals surface area (Å²) in [5, 5.41) is 12.3. The first-order valence-electron chi connectivity index (χ1n) is 7.09. The highest BCUT2D eigenvalue weighted by atomic mass is 16.4. The van der Waals surface area contributed by atoms with Gasteiger partial charge in [-0.2, -0.15) is 0 Å². The molecular weight excluding hydrogens is 238 g/mol. The zero-order valence-corrected chi connectivity index (χ0v) is 12.1. The van der Waals surface area contributed by atoms with Gasteiger partial charge in [0.25, 0.3) is 0 Å². The van der Waals surface area contributed by atoms with Crippen molar-refractivity contribution in [3.8, 4) is 0 Å². The molecule has 3 heteroatoms. The van der Waals surface area contributed by atoms with E-state index in [1.54, 1.807) is 0 Å². The highest BCUT2D eigenvalue weighted by Gasteiger charge is 2.12. The lowest BCUT2D eigenvalue weighted by Gasteiger charge is -2.22. The summed E-state index contributed by atoms with van der Waals surface area (Å²) in [6.07, 6.45) is 2.49. The highest BCUT2D eigenvalue weighted by molar-refractivity contribution is 5.70. The van der Waals surface area contributed by atoms with Crippen LogP contribution in [-0.2, 0) is 17.8 Å². The van der Waals surface area contributed by atoms with Gasteiger partial charge in [0.2, 0.25) is 0 Å². The Balaban J connectivity index is 2.47. The van der Waals surface area contributed by atoms with Gasteiger partial charge in [0, 0.05) is 12.6 Å². The second-order valence-corrected chi connectivity index (χ2v) is 5.13. The molecule has 0 fully saturated rings. The fourth-order valence-corrected chi connectivity index (χ4v) is 2.39. The van der Waals surface area contributed by atoms with Crippen LogP contribution >= 0.6 is 0 Å². The van der Waals surface area contributed by atoms with Crippen molar-refractivity contribution in [1.82, 2.24) is 5.32 Å². The number of carbonyl (C=O) groups is 1. The molecule has 0 aliphatic rings. The Morgan fingerprint density at radius 3 is 2.16 bits per heavy atom. The number of carboxylic acid groups (broad SMARTS) is 1. The van der Waals surface area contributed by atoms with Crippen LogP contribution in [0.25, 0.3) is 0 Å². The van der Waals surface area contributed by atoms with E-state index in [1.807, 2.05) is 24.3 Å². The molecule has 3 nitrogen and oxygen atoms in total. The molecule has 19 heavy (non-hydrogen) atoms. The zero-order valence-electron chi connectivity index (χ0n) is 12.1. The van der Waals surface area contributed by atoms with Crippen LogP contribution in [0.4, 0.5) is 0 Å². The van der Waals surface area contributed by atoms with Gasteiger partial charge in [0.1, 0.15) is 0 Å². The van der Waals surface area contributed by atoms with Crippen LogP contribution in [0.2, 0.25) is 0 Å². The number of rotatable bonds is 8. The summed E-state index contributed by atoms with van der Waals surface area (Å²) in [5.74, 6) is -0.0699. The maximum atomic E-state index is 10.6. The molecule has 0 aliphatic carbocycles. The first-order chi connectivity index (χ1) is 9.06. The average molecular weight is 263 g/mol. The Labute approximate surface area is 116 Å². The maximum absolute atomic E-state index is 10.6. The minimum Gasteiger partial charge on any atom is -0.481 e. The monoisotopic (exact) mass is 263 g/mol. The summed E-state index contributed by atoms with van der Waals surface area (Å²) >= 11 is 0. The molecule has 0 bridgehead atoms. The van der Waals surface area contributed by atoms with E-state index in [2.05, 4.69) is 26.1 Å². The van der Waals surface area contributed by atoms with Crippen molar-refractivity contribution >= 4 is 5.97 Å². The van der Waals surface area contributed by atoms with Crippen molar-refractivity contribution in [1.29, 1.82) is 0 Å². The summed E-state index contributed by atoms with van der Waals surface area (Å²) < 4.78 is 0. The van der Waals surface area contributed by atoms with Crippen LogP contribution in [0, 0.1) is 5.92 Å². The molecule has 0 aromatic heterocycles. The molecule has 0 heterocycles. The lowest BCUT2D eigenvalue weighted by Crippen LogP contribution is -2.32. The number of hydrogen-bond acceptors (Lipinski definition) is 2. The molecule has 1 unspecified atom stereocenters. The standard InChI is InChI=1S/C16H25NO2/c1-4-15(5-2)12(3)17-11-14-8-6-13(7-9-14)10-16(18)19/h6-9,12,15,17H,4-5,10-11H2,1-3H3,(H,18,19). The van der Waals surface area contributed by atoms with E-state index in [0.717, 1.165) is 12.1 Å². The molecule has 1 aromatic carbocycles. The van der Waals surface area contributed by atoms with E-state index >= 15 is 0 Å². The third-order valence-electron chi connectivity index (χ3n) is 3.76. The van der Waals surface area contributed by atoms with Crippen molar-refractivity contribution in [2.24, 2.45) is 5.92 Å². The number of carboxylic acids is 1. The Morgan fingerprint density at radius 1 is 1.16 bits per heavy atom. The molecule has 106 valence electrons. The minimum absolute atomic E-state index is 0.0951. The number of benzene rings is 1. The lowest BCUT2D eigenvalue weighted by molar-refractivity contribution is -0.136. The van der Waals surface area contributed by atoms with Crippen LogP contribution in [0.15, 0.2) is 24.3 Å². The van der Waals surface area contributed by atoms with E-state index in [0.29, 0.717) is 12.0 Å². The topological polar surface area (TPSA) is 49.3 Å². The van der Waals surface area contributed by atoms with Gasteiger partial charge < -0.3 is 10.4 Å². The van der Waals surface area contributed by atoms with Gasteiger partial charge in [-0.05, 0) is 24.0 Å². The second kappa shape index (κ2) is 7.95. The van der Waals surface area contributed by atoms with E-state index in [9.17, 15) is 4.79 Å². The van der Waals surface area contributed by atoms with Crippen LogP contribution in [0.3, 0.4) is 0 Å². The Morgan fingerprint density at radius 2 is 1.68 bits per heavy atom. The largest absolute Gasteiger partial charge is 0.481 e. The third kappa shape index (κ3) is 5.43. The van der Waals surface area contributed by atoms with E-state index < -0.39 is 5.97 Å². The Hall–Kier alpha value is -1.35. The first-order valence-corrected chi connectivity index (χ1v) is 7.09. The number of aliphatic carboxylic acids is 1. The molecule has 1 aromatic rings. The quantitative estimate of drug-likeness (QED) is 0.757. The molecular formula is C16H25NO2. The molecule has 0 saturated carbocycles. The number of nitrogens with one attached hydrogen (secondary N) is 1. The van der Waals surface area contributed by atoms with Crippen molar-refractivity contribution < 1.29 is 9.90 Å². The van der Waals surface area contributed by atoms with Gasteiger partial charge in [0.05, 0.1) is 6.42 Å². The summed E-state index contributed by atoms with van der Waals surface area (Å²) in [6, 6.07) is 8.31. The maximum Gasteiger partial charge on any atom is 0.307 e. The average Bonchev–Trinajstić information content (AvgIpc) is 2.38. The third-order valence-corrected chi connectivity index (χ3v) is 3.76. The van der Waals surface area contributed by atoms with E-state index in [4.69, 9.17) is 5.11 Å². The fraction of sp³-hybridized carbons (Fsp3) is 0.562. The van der Waals surface area contributed by atoms with Crippen molar-refractivity contribution in [2.75, 3.05) is 0 Å². The molecule has 0 saturated heterocycles.